The van der Waals surface area contributed by atoms with E-state index in [2.05, 4.69) is 6.58 Å². The van der Waals surface area contributed by atoms with Crippen LogP contribution in [0.4, 0.5) is 5.69 Å². The molecular formula is C25H25NO5. The highest BCUT2D eigenvalue weighted by Gasteiger charge is 2.37. The zero-order valence-electron chi connectivity index (χ0n) is 17.9. The van der Waals surface area contributed by atoms with Gasteiger partial charge in [0.2, 0.25) is 0 Å². The molecule has 0 radical (unpaired) electrons. The van der Waals surface area contributed by atoms with Crippen molar-refractivity contribution < 1.29 is 23.8 Å². The van der Waals surface area contributed by atoms with Gasteiger partial charge in [-0.2, -0.15) is 0 Å². The second kappa shape index (κ2) is 9.80. The second-order valence-corrected chi connectivity index (χ2v) is 6.75. The van der Waals surface area contributed by atoms with Crippen LogP contribution in [-0.2, 0) is 14.3 Å². The maximum atomic E-state index is 13.4. The summed E-state index contributed by atoms with van der Waals surface area (Å²) in [5.74, 6) is 0.479. The van der Waals surface area contributed by atoms with Gasteiger partial charge in [-0.25, -0.2) is 4.79 Å². The predicted octanol–water partition coefficient (Wildman–Crippen LogP) is 4.53. The van der Waals surface area contributed by atoms with E-state index in [0.717, 1.165) is 5.56 Å². The van der Waals surface area contributed by atoms with E-state index in [1.807, 2.05) is 25.1 Å². The largest absolute Gasteiger partial charge is 0.494 e. The second-order valence-electron chi connectivity index (χ2n) is 6.75. The molecule has 6 heteroatoms. The lowest BCUT2D eigenvalue weighted by atomic mass is 10.0. The first-order valence-electron chi connectivity index (χ1n) is 9.92. The normalized spacial score (nSPS) is 14.7. The summed E-state index contributed by atoms with van der Waals surface area (Å²) in [5, 5.41) is 0. The molecule has 0 bridgehead atoms. The minimum atomic E-state index is -0.565. The number of anilines is 1. The predicted molar refractivity (Wildman–Crippen MR) is 120 cm³/mol. The van der Waals surface area contributed by atoms with Crippen molar-refractivity contribution in [1.82, 2.24) is 0 Å². The van der Waals surface area contributed by atoms with Crippen LogP contribution in [0.3, 0.4) is 0 Å². The Morgan fingerprint density at radius 3 is 2.48 bits per heavy atom. The van der Waals surface area contributed by atoms with Crippen LogP contribution in [-0.4, -0.2) is 32.2 Å². The fourth-order valence-corrected chi connectivity index (χ4v) is 3.36. The van der Waals surface area contributed by atoms with Crippen LogP contribution >= 0.6 is 0 Å². The van der Waals surface area contributed by atoms with Gasteiger partial charge in [0.05, 0.1) is 24.9 Å². The molecule has 0 saturated carbocycles. The molecule has 1 aliphatic rings. The minimum Gasteiger partial charge on any atom is -0.494 e. The number of allylic oxidation sites excluding steroid dienone is 1. The molecule has 6 nitrogen and oxygen atoms in total. The summed E-state index contributed by atoms with van der Waals surface area (Å²) in [7, 11) is 1.30. The van der Waals surface area contributed by atoms with Gasteiger partial charge in [-0.1, -0.05) is 24.8 Å². The first kappa shape index (κ1) is 21.9. The lowest BCUT2D eigenvalue weighted by molar-refractivity contribution is -0.136. The Balaban J connectivity index is 2.02. The van der Waals surface area contributed by atoms with E-state index < -0.39 is 5.97 Å². The van der Waals surface area contributed by atoms with Crippen LogP contribution in [0.5, 0.6) is 11.5 Å². The zero-order chi connectivity index (χ0) is 22.4. The first-order valence-corrected chi connectivity index (χ1v) is 9.92. The molecule has 0 fully saturated rings. The molecule has 0 aromatic heterocycles. The molecule has 0 N–H and O–H groups in total. The number of amides is 1. The van der Waals surface area contributed by atoms with Gasteiger partial charge in [0.1, 0.15) is 18.1 Å². The van der Waals surface area contributed by atoms with E-state index in [1.165, 1.54) is 12.0 Å². The smallest absolute Gasteiger partial charge is 0.340 e. The van der Waals surface area contributed by atoms with Gasteiger partial charge in [-0.05, 0) is 61.9 Å². The van der Waals surface area contributed by atoms with Gasteiger partial charge in [0, 0.05) is 11.4 Å². The van der Waals surface area contributed by atoms with Crippen LogP contribution in [0.15, 0.2) is 78.0 Å². The van der Waals surface area contributed by atoms with Crippen LogP contribution in [0.1, 0.15) is 19.4 Å². The number of esters is 1. The third-order valence-electron chi connectivity index (χ3n) is 4.73. The van der Waals surface area contributed by atoms with Crippen molar-refractivity contribution in [1.29, 1.82) is 0 Å². The maximum Gasteiger partial charge on any atom is 0.340 e. The topological polar surface area (TPSA) is 65.1 Å². The molecule has 2 aromatic carbocycles. The zero-order valence-corrected chi connectivity index (χ0v) is 17.9. The number of benzene rings is 2. The molecule has 1 amide bonds. The lowest BCUT2D eigenvalue weighted by Gasteiger charge is -2.18. The number of carbonyl (C=O) groups excluding carboxylic acids is 2. The molecule has 31 heavy (non-hydrogen) atoms. The fraction of sp³-hybridized carbons (Fsp3) is 0.200. The van der Waals surface area contributed by atoms with Crippen LogP contribution in [0.2, 0.25) is 0 Å². The molecule has 1 heterocycles. The highest BCUT2D eigenvalue weighted by Crippen LogP contribution is 2.36. The average molecular weight is 419 g/mol. The van der Waals surface area contributed by atoms with E-state index in [0.29, 0.717) is 36.1 Å². The Kier molecular flexibility index (Phi) is 6.92. The maximum absolute atomic E-state index is 13.4. The summed E-state index contributed by atoms with van der Waals surface area (Å²) in [6, 6.07) is 14.4. The Bertz CT molecular complexity index is 1050. The molecule has 2 aromatic rings. The van der Waals surface area contributed by atoms with Crippen molar-refractivity contribution in [2.75, 3.05) is 25.2 Å². The summed E-state index contributed by atoms with van der Waals surface area (Å²) in [5.41, 5.74) is 2.37. The Hall–Kier alpha value is -3.80. The Morgan fingerprint density at radius 1 is 1.10 bits per heavy atom. The van der Waals surface area contributed by atoms with Gasteiger partial charge in [-0.3, -0.25) is 9.69 Å². The Morgan fingerprint density at radius 2 is 1.84 bits per heavy atom. The molecular weight excluding hydrogens is 394 g/mol. The third kappa shape index (κ3) is 4.69. The third-order valence-corrected chi connectivity index (χ3v) is 4.73. The standard InChI is InChI=1S/C25H25NO5/c1-5-14-31-21-9-7-8-18(15-21)16-22-23(25(28)29-4)17(3)26(24(22)27)19-10-12-20(13-11-19)30-6-2/h5,7-13,15-16H,1,6,14H2,2-4H3/b22-16-. The van der Waals surface area contributed by atoms with Gasteiger partial charge in [0.15, 0.2) is 0 Å². The number of methoxy groups -OCH3 is 1. The van der Waals surface area contributed by atoms with Crippen molar-refractivity contribution in [2.24, 2.45) is 0 Å². The van der Waals surface area contributed by atoms with Gasteiger partial charge >= 0.3 is 5.97 Å². The van der Waals surface area contributed by atoms with Crippen LogP contribution in [0.25, 0.3) is 6.08 Å². The molecule has 3 rings (SSSR count). The molecule has 0 aliphatic carbocycles. The molecule has 0 spiro atoms. The number of hydrogen-bond donors (Lipinski definition) is 0. The number of rotatable bonds is 8. The highest BCUT2D eigenvalue weighted by atomic mass is 16.5. The number of ether oxygens (including phenoxy) is 3. The summed E-state index contributed by atoms with van der Waals surface area (Å²) in [6.07, 6.45) is 3.33. The van der Waals surface area contributed by atoms with Crippen molar-refractivity contribution >= 4 is 23.6 Å². The van der Waals surface area contributed by atoms with Gasteiger partial charge in [0.25, 0.3) is 5.91 Å². The summed E-state index contributed by atoms with van der Waals surface area (Å²) in [4.78, 5) is 27.4. The summed E-state index contributed by atoms with van der Waals surface area (Å²) >= 11 is 0. The van der Waals surface area contributed by atoms with Crippen molar-refractivity contribution in [2.45, 2.75) is 13.8 Å². The number of nitrogens with zero attached hydrogens (tertiary/aromatic N) is 1. The number of carbonyl (C=O) groups is 2. The molecule has 160 valence electrons. The molecule has 0 unspecified atom stereocenters. The van der Waals surface area contributed by atoms with E-state index in [1.54, 1.807) is 49.4 Å². The van der Waals surface area contributed by atoms with Gasteiger partial charge < -0.3 is 14.2 Å². The summed E-state index contributed by atoms with van der Waals surface area (Å²) < 4.78 is 16.0. The molecule has 1 aliphatic heterocycles. The van der Waals surface area contributed by atoms with E-state index in [4.69, 9.17) is 14.2 Å². The van der Waals surface area contributed by atoms with Crippen LogP contribution in [0, 0.1) is 0 Å². The quantitative estimate of drug-likeness (QED) is 0.357. The number of hydrogen-bond acceptors (Lipinski definition) is 5. The van der Waals surface area contributed by atoms with Crippen molar-refractivity contribution in [3.63, 3.8) is 0 Å². The van der Waals surface area contributed by atoms with E-state index >= 15 is 0 Å². The van der Waals surface area contributed by atoms with E-state index in [9.17, 15) is 9.59 Å². The van der Waals surface area contributed by atoms with Crippen LogP contribution < -0.4 is 14.4 Å². The van der Waals surface area contributed by atoms with Crippen molar-refractivity contribution in [3.8, 4) is 11.5 Å². The SMILES string of the molecule is C=CCOc1cccc(/C=C2\C(=O)N(c3ccc(OCC)cc3)C(C)=C2C(=O)OC)c1. The highest BCUT2D eigenvalue weighted by molar-refractivity contribution is 6.23. The lowest BCUT2D eigenvalue weighted by Crippen LogP contribution is -2.24. The minimum absolute atomic E-state index is 0.235. The average Bonchev–Trinajstić information content (AvgIpc) is 3.02. The molecule has 0 atom stereocenters. The Labute approximate surface area is 182 Å². The fourth-order valence-electron chi connectivity index (χ4n) is 3.36. The monoisotopic (exact) mass is 419 g/mol. The van der Waals surface area contributed by atoms with Gasteiger partial charge in [-0.15, -0.1) is 0 Å². The summed E-state index contributed by atoms with van der Waals surface area (Å²) in [6.45, 7) is 8.19. The molecule has 0 saturated heterocycles. The first-order chi connectivity index (χ1) is 15.0. The van der Waals surface area contributed by atoms with Crippen molar-refractivity contribution in [3.05, 3.63) is 83.6 Å². The van der Waals surface area contributed by atoms with E-state index in [-0.39, 0.29) is 17.1 Å².